The molecule has 2 fully saturated rings. The molecule has 1 N–H and O–H groups in total. The molecule has 1 saturated carbocycles. The normalized spacial score (nSPS) is 24.9. The van der Waals surface area contributed by atoms with Crippen molar-refractivity contribution in [2.75, 3.05) is 45.5 Å². The molecule has 124 valence electrons. The van der Waals surface area contributed by atoms with E-state index in [1.807, 2.05) is 0 Å². The lowest BCUT2D eigenvalue weighted by molar-refractivity contribution is 0.114. The van der Waals surface area contributed by atoms with Crippen molar-refractivity contribution in [2.24, 2.45) is 5.41 Å². The van der Waals surface area contributed by atoms with Gasteiger partial charge in [0.1, 0.15) is 0 Å². The first-order chi connectivity index (χ1) is 9.82. The average molecular weight is 317 g/mol. The molecule has 2 aliphatic rings. The summed E-state index contributed by atoms with van der Waals surface area (Å²) in [5.41, 5.74) is 0.296. The van der Waals surface area contributed by atoms with Gasteiger partial charge in [-0.15, -0.1) is 0 Å². The molecule has 1 saturated heterocycles. The van der Waals surface area contributed by atoms with E-state index in [0.29, 0.717) is 18.5 Å². The quantitative estimate of drug-likeness (QED) is 0.729. The summed E-state index contributed by atoms with van der Waals surface area (Å²) < 4.78 is 24.7. The zero-order valence-corrected chi connectivity index (χ0v) is 14.6. The van der Waals surface area contributed by atoms with E-state index in [2.05, 4.69) is 24.1 Å². The van der Waals surface area contributed by atoms with Crippen LogP contribution in [0.25, 0.3) is 0 Å². The highest BCUT2D eigenvalue weighted by Gasteiger charge is 2.32. The summed E-state index contributed by atoms with van der Waals surface area (Å²) in [6.45, 7) is 9.75. The predicted octanol–water partition coefficient (Wildman–Crippen LogP) is 1.12. The lowest BCUT2D eigenvalue weighted by atomic mass is 9.84. The summed E-state index contributed by atoms with van der Waals surface area (Å²) in [4.78, 5) is 2.44. The van der Waals surface area contributed by atoms with Gasteiger partial charge < -0.3 is 10.2 Å². The Hall–Kier alpha value is -0.170. The summed E-state index contributed by atoms with van der Waals surface area (Å²) in [6, 6.07) is 0.753. The second-order valence-electron chi connectivity index (χ2n) is 7.15. The van der Waals surface area contributed by atoms with Crippen LogP contribution in [0, 0.1) is 5.41 Å². The monoisotopic (exact) mass is 317 g/mol. The molecule has 0 spiro atoms. The fraction of sp³-hybridized carbons (Fsp3) is 1.00. The molecule has 0 bridgehead atoms. The van der Waals surface area contributed by atoms with Gasteiger partial charge in [-0.25, -0.2) is 8.42 Å². The minimum atomic E-state index is -3.02. The fourth-order valence-electron chi connectivity index (χ4n) is 3.26. The van der Waals surface area contributed by atoms with E-state index in [0.717, 1.165) is 32.2 Å². The topological polar surface area (TPSA) is 52.6 Å². The number of piperazine rings is 1. The van der Waals surface area contributed by atoms with Crippen LogP contribution in [0.4, 0.5) is 0 Å². The SMILES string of the molecule is CCCC(C)(CNC1CC1)CN1CCN(S(C)(=O)=O)CC1. The highest BCUT2D eigenvalue weighted by atomic mass is 32.2. The van der Waals surface area contributed by atoms with Gasteiger partial charge in [-0.1, -0.05) is 20.3 Å². The van der Waals surface area contributed by atoms with E-state index in [1.165, 1.54) is 31.9 Å². The zero-order chi connectivity index (χ0) is 15.5. The van der Waals surface area contributed by atoms with Crippen LogP contribution in [0.5, 0.6) is 0 Å². The molecular weight excluding hydrogens is 286 g/mol. The van der Waals surface area contributed by atoms with Crippen LogP contribution in [-0.2, 0) is 10.0 Å². The van der Waals surface area contributed by atoms with Crippen molar-refractivity contribution in [3.05, 3.63) is 0 Å². The average Bonchev–Trinajstić information content (AvgIpc) is 3.20. The highest BCUT2D eigenvalue weighted by Crippen LogP contribution is 2.27. The first-order valence-electron chi connectivity index (χ1n) is 8.23. The molecule has 2 rings (SSSR count). The van der Waals surface area contributed by atoms with Crippen molar-refractivity contribution in [1.82, 2.24) is 14.5 Å². The number of sulfonamides is 1. The third-order valence-electron chi connectivity index (χ3n) is 4.65. The minimum Gasteiger partial charge on any atom is -0.313 e. The van der Waals surface area contributed by atoms with E-state index in [1.54, 1.807) is 4.31 Å². The molecule has 1 unspecified atom stereocenters. The maximum absolute atomic E-state index is 11.6. The Kier molecular flexibility index (Phi) is 5.68. The third-order valence-corrected chi connectivity index (χ3v) is 5.96. The molecule has 0 amide bonds. The van der Waals surface area contributed by atoms with Gasteiger partial charge in [-0.3, -0.25) is 0 Å². The molecule has 0 aromatic rings. The van der Waals surface area contributed by atoms with Gasteiger partial charge in [-0.2, -0.15) is 4.31 Å². The highest BCUT2D eigenvalue weighted by molar-refractivity contribution is 7.88. The second kappa shape index (κ2) is 6.94. The number of nitrogens with one attached hydrogen (secondary N) is 1. The van der Waals surface area contributed by atoms with Crippen LogP contribution in [0.15, 0.2) is 0 Å². The van der Waals surface area contributed by atoms with Gasteiger partial charge in [-0.05, 0) is 24.7 Å². The van der Waals surface area contributed by atoms with Crippen molar-refractivity contribution in [1.29, 1.82) is 0 Å². The Morgan fingerprint density at radius 2 is 1.81 bits per heavy atom. The summed E-state index contributed by atoms with van der Waals surface area (Å²) in [7, 11) is -3.02. The molecule has 0 aromatic carbocycles. The number of hydrogen-bond acceptors (Lipinski definition) is 4. The van der Waals surface area contributed by atoms with Crippen LogP contribution in [0.1, 0.15) is 39.5 Å². The summed E-state index contributed by atoms with van der Waals surface area (Å²) in [5.74, 6) is 0. The van der Waals surface area contributed by atoms with Crippen LogP contribution in [0.2, 0.25) is 0 Å². The molecule has 0 aromatic heterocycles. The van der Waals surface area contributed by atoms with E-state index in [-0.39, 0.29) is 0 Å². The first kappa shape index (κ1) is 17.2. The lowest BCUT2D eigenvalue weighted by Gasteiger charge is -2.40. The smallest absolute Gasteiger partial charge is 0.211 e. The van der Waals surface area contributed by atoms with Crippen LogP contribution < -0.4 is 5.32 Å². The van der Waals surface area contributed by atoms with Crippen molar-refractivity contribution in [3.8, 4) is 0 Å². The second-order valence-corrected chi connectivity index (χ2v) is 9.14. The fourth-order valence-corrected chi connectivity index (χ4v) is 4.09. The molecule has 1 aliphatic heterocycles. The minimum absolute atomic E-state index is 0.296. The molecule has 1 atom stereocenters. The summed E-state index contributed by atoms with van der Waals surface area (Å²) >= 11 is 0. The molecular formula is C15H31N3O2S. The summed E-state index contributed by atoms with van der Waals surface area (Å²) in [5, 5.41) is 3.67. The number of rotatable bonds is 8. The van der Waals surface area contributed by atoms with E-state index < -0.39 is 10.0 Å². The predicted molar refractivity (Wildman–Crippen MR) is 86.9 cm³/mol. The van der Waals surface area contributed by atoms with E-state index in [4.69, 9.17) is 0 Å². The van der Waals surface area contributed by atoms with Gasteiger partial charge in [0.2, 0.25) is 10.0 Å². The third kappa shape index (κ3) is 5.51. The first-order valence-corrected chi connectivity index (χ1v) is 10.1. The van der Waals surface area contributed by atoms with Crippen molar-refractivity contribution in [2.45, 2.75) is 45.6 Å². The number of nitrogens with zero attached hydrogens (tertiary/aromatic N) is 2. The maximum atomic E-state index is 11.6. The Bertz CT molecular complexity index is 428. The Balaban J connectivity index is 1.83. The van der Waals surface area contributed by atoms with Gasteiger partial charge >= 0.3 is 0 Å². The van der Waals surface area contributed by atoms with E-state index in [9.17, 15) is 8.42 Å². The number of hydrogen-bond donors (Lipinski definition) is 1. The van der Waals surface area contributed by atoms with Crippen LogP contribution >= 0.6 is 0 Å². The van der Waals surface area contributed by atoms with E-state index >= 15 is 0 Å². The van der Waals surface area contributed by atoms with Crippen molar-refractivity contribution in [3.63, 3.8) is 0 Å². The van der Waals surface area contributed by atoms with Gasteiger partial charge in [0, 0.05) is 45.3 Å². The zero-order valence-electron chi connectivity index (χ0n) is 13.8. The molecule has 5 nitrogen and oxygen atoms in total. The van der Waals surface area contributed by atoms with Gasteiger partial charge in [0.05, 0.1) is 6.26 Å². The Morgan fingerprint density at radius 1 is 1.19 bits per heavy atom. The van der Waals surface area contributed by atoms with Crippen molar-refractivity contribution >= 4 is 10.0 Å². The standard InChI is InChI=1S/C15H31N3O2S/c1-4-7-15(2,12-16-14-5-6-14)13-17-8-10-18(11-9-17)21(3,19)20/h14,16H,4-13H2,1-3H3. The molecule has 0 radical (unpaired) electrons. The van der Waals surface area contributed by atoms with Crippen LogP contribution in [-0.4, -0.2) is 69.2 Å². The largest absolute Gasteiger partial charge is 0.313 e. The Morgan fingerprint density at radius 3 is 2.29 bits per heavy atom. The Labute approximate surface area is 130 Å². The van der Waals surface area contributed by atoms with Gasteiger partial charge in [0.15, 0.2) is 0 Å². The van der Waals surface area contributed by atoms with Crippen molar-refractivity contribution < 1.29 is 8.42 Å². The van der Waals surface area contributed by atoms with Crippen LogP contribution in [0.3, 0.4) is 0 Å². The lowest BCUT2D eigenvalue weighted by Crippen LogP contribution is -2.52. The maximum Gasteiger partial charge on any atom is 0.211 e. The molecule has 21 heavy (non-hydrogen) atoms. The molecule has 1 aliphatic carbocycles. The molecule has 6 heteroatoms. The summed E-state index contributed by atoms with van der Waals surface area (Å²) in [6.07, 6.45) is 6.39. The molecule has 1 heterocycles. The van der Waals surface area contributed by atoms with Gasteiger partial charge in [0.25, 0.3) is 0 Å².